The van der Waals surface area contributed by atoms with Crippen LogP contribution in [0.1, 0.15) is 34.1 Å². The molecule has 2 unspecified atom stereocenters. The monoisotopic (exact) mass is 258 g/mol. The van der Waals surface area contributed by atoms with Crippen molar-refractivity contribution in [3.8, 4) is 0 Å². The molecule has 1 saturated heterocycles. The molecule has 1 aliphatic rings. The summed E-state index contributed by atoms with van der Waals surface area (Å²) >= 11 is 0. The lowest BCUT2D eigenvalue weighted by atomic mass is 10.0. The third kappa shape index (κ3) is 6.69. The molecule has 0 amide bonds. The molecule has 1 fully saturated rings. The van der Waals surface area contributed by atoms with E-state index in [4.69, 9.17) is 4.74 Å². The number of rotatable bonds is 7. The van der Waals surface area contributed by atoms with E-state index < -0.39 is 5.60 Å². The van der Waals surface area contributed by atoms with Gasteiger partial charge in [-0.2, -0.15) is 0 Å². The number of ether oxygens (including phenoxy) is 1. The molecule has 2 atom stereocenters. The van der Waals surface area contributed by atoms with Crippen LogP contribution in [0, 0.1) is 5.92 Å². The smallest absolute Gasteiger partial charge is 0.0869 e. The van der Waals surface area contributed by atoms with Crippen LogP contribution in [0.5, 0.6) is 0 Å². The third-order valence-electron chi connectivity index (χ3n) is 3.32. The Morgan fingerprint density at radius 1 is 1.28 bits per heavy atom. The summed E-state index contributed by atoms with van der Waals surface area (Å²) < 4.78 is 5.32. The molecule has 108 valence electrons. The van der Waals surface area contributed by atoms with Crippen LogP contribution in [0.2, 0.25) is 0 Å². The summed E-state index contributed by atoms with van der Waals surface area (Å²) in [6.45, 7) is 13.3. The maximum atomic E-state index is 10.4. The molecule has 0 saturated carbocycles. The predicted molar refractivity (Wildman–Crippen MR) is 74.8 cm³/mol. The second-order valence-electron chi connectivity index (χ2n) is 6.30. The van der Waals surface area contributed by atoms with Gasteiger partial charge in [0, 0.05) is 32.2 Å². The highest BCUT2D eigenvalue weighted by molar-refractivity contribution is 4.82. The van der Waals surface area contributed by atoms with E-state index in [-0.39, 0.29) is 0 Å². The normalized spacial score (nSPS) is 23.0. The number of hydrogen-bond acceptors (Lipinski definition) is 4. The van der Waals surface area contributed by atoms with Gasteiger partial charge >= 0.3 is 0 Å². The molecule has 1 heterocycles. The van der Waals surface area contributed by atoms with Gasteiger partial charge in [-0.3, -0.25) is 4.90 Å². The van der Waals surface area contributed by atoms with Gasteiger partial charge in [0.15, 0.2) is 0 Å². The number of morpholine rings is 1. The van der Waals surface area contributed by atoms with E-state index in [2.05, 4.69) is 31.0 Å². The highest BCUT2D eigenvalue weighted by atomic mass is 16.5. The minimum atomic E-state index is -0.664. The zero-order chi connectivity index (χ0) is 13.6. The van der Waals surface area contributed by atoms with Crippen molar-refractivity contribution in [2.75, 3.05) is 39.4 Å². The van der Waals surface area contributed by atoms with E-state index in [1.54, 1.807) is 0 Å². The van der Waals surface area contributed by atoms with Crippen molar-refractivity contribution < 1.29 is 9.84 Å². The summed E-state index contributed by atoms with van der Waals surface area (Å²) in [5, 5.41) is 13.8. The van der Waals surface area contributed by atoms with Crippen LogP contribution in [-0.2, 0) is 4.74 Å². The van der Waals surface area contributed by atoms with Gasteiger partial charge in [-0.15, -0.1) is 0 Å². The summed E-state index contributed by atoms with van der Waals surface area (Å²) in [5.74, 6) is 0.691. The molecule has 4 nitrogen and oxygen atoms in total. The van der Waals surface area contributed by atoms with Gasteiger partial charge in [0.25, 0.3) is 0 Å². The van der Waals surface area contributed by atoms with Crippen LogP contribution in [-0.4, -0.2) is 61.0 Å². The Kier molecular flexibility index (Phi) is 6.57. The Labute approximate surface area is 112 Å². The Bertz CT molecular complexity index is 226. The van der Waals surface area contributed by atoms with E-state index in [1.807, 2.05) is 6.92 Å². The van der Waals surface area contributed by atoms with E-state index in [9.17, 15) is 5.11 Å². The van der Waals surface area contributed by atoms with E-state index >= 15 is 0 Å². The maximum Gasteiger partial charge on any atom is 0.0869 e. The van der Waals surface area contributed by atoms with Gasteiger partial charge in [-0.1, -0.05) is 13.8 Å². The molecule has 0 spiro atoms. The Hall–Kier alpha value is -0.160. The predicted octanol–water partition coefficient (Wildman–Crippen LogP) is 1.09. The Morgan fingerprint density at radius 2 is 1.89 bits per heavy atom. The molecule has 0 aromatic heterocycles. The summed E-state index contributed by atoms with van der Waals surface area (Å²) in [4.78, 5) is 2.28. The van der Waals surface area contributed by atoms with Crippen molar-refractivity contribution in [1.82, 2.24) is 10.2 Å². The second-order valence-corrected chi connectivity index (χ2v) is 6.30. The maximum absolute atomic E-state index is 10.4. The molecule has 0 aromatic carbocycles. The van der Waals surface area contributed by atoms with Gasteiger partial charge in [-0.25, -0.2) is 0 Å². The largest absolute Gasteiger partial charge is 0.388 e. The molecular weight excluding hydrogens is 228 g/mol. The van der Waals surface area contributed by atoms with Crippen LogP contribution in [0.25, 0.3) is 0 Å². The molecule has 0 aromatic rings. The highest BCUT2D eigenvalue weighted by Gasteiger charge is 2.25. The zero-order valence-electron chi connectivity index (χ0n) is 12.4. The molecule has 0 bridgehead atoms. The van der Waals surface area contributed by atoms with E-state index in [0.717, 1.165) is 39.3 Å². The van der Waals surface area contributed by atoms with Crippen molar-refractivity contribution in [1.29, 1.82) is 0 Å². The molecule has 1 aliphatic heterocycles. The lowest BCUT2D eigenvalue weighted by Crippen LogP contribution is -2.51. The topological polar surface area (TPSA) is 44.7 Å². The van der Waals surface area contributed by atoms with Crippen molar-refractivity contribution in [2.45, 2.75) is 45.8 Å². The van der Waals surface area contributed by atoms with Crippen LogP contribution in [0.4, 0.5) is 0 Å². The minimum absolute atomic E-state index is 0.459. The van der Waals surface area contributed by atoms with Crippen molar-refractivity contribution in [3.05, 3.63) is 0 Å². The van der Waals surface area contributed by atoms with E-state index in [1.165, 1.54) is 0 Å². The fraction of sp³-hybridized carbons (Fsp3) is 1.00. The summed E-state index contributed by atoms with van der Waals surface area (Å²) in [6, 6.07) is 0.459. The number of aliphatic hydroxyl groups is 1. The fourth-order valence-corrected chi connectivity index (χ4v) is 2.48. The first-order valence-corrected chi connectivity index (χ1v) is 7.15. The van der Waals surface area contributed by atoms with Gasteiger partial charge in [0.1, 0.15) is 0 Å². The minimum Gasteiger partial charge on any atom is -0.388 e. The number of β-amino-alcohol motifs (C(OH)–C–C–N with tert-alkyl or cyclic N) is 1. The van der Waals surface area contributed by atoms with Crippen LogP contribution in [0.15, 0.2) is 0 Å². The fourth-order valence-electron chi connectivity index (χ4n) is 2.48. The number of nitrogens with zero attached hydrogens (tertiary/aromatic N) is 1. The number of hydrogen-bond donors (Lipinski definition) is 2. The second kappa shape index (κ2) is 7.43. The summed E-state index contributed by atoms with van der Waals surface area (Å²) in [6.07, 6.45) is 1.15. The van der Waals surface area contributed by atoms with Gasteiger partial charge in [0.05, 0.1) is 18.8 Å². The third-order valence-corrected chi connectivity index (χ3v) is 3.32. The van der Waals surface area contributed by atoms with Gasteiger partial charge < -0.3 is 15.2 Å². The summed E-state index contributed by atoms with van der Waals surface area (Å²) in [7, 11) is 0. The molecule has 2 N–H and O–H groups in total. The van der Waals surface area contributed by atoms with Crippen LogP contribution in [0.3, 0.4) is 0 Å². The quantitative estimate of drug-likeness (QED) is 0.717. The van der Waals surface area contributed by atoms with Crippen molar-refractivity contribution in [3.63, 3.8) is 0 Å². The molecule has 0 aliphatic carbocycles. The van der Waals surface area contributed by atoms with E-state index in [0.29, 0.717) is 18.5 Å². The lowest BCUT2D eigenvalue weighted by Gasteiger charge is -2.34. The van der Waals surface area contributed by atoms with Crippen molar-refractivity contribution in [2.24, 2.45) is 5.92 Å². The van der Waals surface area contributed by atoms with Crippen molar-refractivity contribution >= 4 is 0 Å². The summed E-state index contributed by atoms with van der Waals surface area (Å²) in [5.41, 5.74) is -0.664. The molecular formula is C14H30N2O2. The van der Waals surface area contributed by atoms with Gasteiger partial charge in [-0.05, 0) is 26.2 Å². The average molecular weight is 258 g/mol. The lowest BCUT2D eigenvalue weighted by molar-refractivity contribution is -0.0228. The Morgan fingerprint density at radius 3 is 2.44 bits per heavy atom. The molecule has 18 heavy (non-hydrogen) atoms. The zero-order valence-corrected chi connectivity index (χ0v) is 12.4. The first-order valence-electron chi connectivity index (χ1n) is 7.15. The molecule has 0 radical (unpaired) electrons. The standard InChI is InChI=1S/C14H30N2O2/c1-12(2)9-13(3)15-10-14(4,17)11-16-5-7-18-8-6-16/h12-13,15,17H,5-11H2,1-4H3. The Balaban J connectivity index is 2.25. The SMILES string of the molecule is CC(C)CC(C)NCC(C)(O)CN1CCOCC1. The van der Waals surface area contributed by atoms with Crippen LogP contribution < -0.4 is 5.32 Å². The molecule has 4 heteroatoms. The van der Waals surface area contributed by atoms with Crippen LogP contribution >= 0.6 is 0 Å². The van der Waals surface area contributed by atoms with Gasteiger partial charge in [0.2, 0.25) is 0 Å². The highest BCUT2D eigenvalue weighted by Crippen LogP contribution is 2.09. The first kappa shape index (κ1) is 15.9. The number of nitrogens with one attached hydrogen (secondary N) is 1. The average Bonchev–Trinajstić information content (AvgIpc) is 2.26. The molecule has 1 rings (SSSR count). The first-order chi connectivity index (χ1) is 8.39.